The summed E-state index contributed by atoms with van der Waals surface area (Å²) in [6.07, 6.45) is 1.40. The fourth-order valence-corrected chi connectivity index (χ4v) is 7.49. The van der Waals surface area contributed by atoms with Gasteiger partial charge < -0.3 is 10.2 Å². The average molecular weight is 413 g/mol. The maximum absolute atomic E-state index is 15.4. The van der Waals surface area contributed by atoms with Crippen molar-refractivity contribution in [2.45, 2.75) is 63.1 Å². The molecule has 0 aromatic rings. The molecule has 2 unspecified atom stereocenters. The van der Waals surface area contributed by atoms with Gasteiger partial charge in [0.15, 0.2) is 5.78 Å². The van der Waals surface area contributed by atoms with Gasteiger partial charge in [-0.1, -0.05) is 13.8 Å². The number of fused-ring (bicyclic) bond motifs is 5. The van der Waals surface area contributed by atoms with Gasteiger partial charge in [-0.3, -0.25) is 14.4 Å². The van der Waals surface area contributed by atoms with E-state index in [2.05, 4.69) is 0 Å². The predicted octanol–water partition coefficient (Wildman–Crippen LogP) is 2.16. The molecule has 0 aliphatic heterocycles. The van der Waals surface area contributed by atoms with Gasteiger partial charge in [0.25, 0.3) is 0 Å². The van der Waals surface area contributed by atoms with Crippen molar-refractivity contribution < 1.29 is 29.0 Å². The van der Waals surface area contributed by atoms with Gasteiger partial charge >= 0.3 is 0 Å². The summed E-state index contributed by atoms with van der Waals surface area (Å²) in [6.45, 7) is 2.96. The van der Waals surface area contributed by atoms with Crippen LogP contribution in [-0.2, 0) is 14.4 Å². The number of hydrogen-bond acceptors (Lipinski definition) is 5. The Morgan fingerprint density at radius 1 is 1.25 bits per heavy atom. The van der Waals surface area contributed by atoms with E-state index >= 15 is 4.39 Å². The van der Waals surface area contributed by atoms with Gasteiger partial charge in [0.1, 0.15) is 18.4 Å². The van der Waals surface area contributed by atoms with Crippen LogP contribution in [-0.4, -0.2) is 51.3 Å². The van der Waals surface area contributed by atoms with Crippen molar-refractivity contribution >= 4 is 29.0 Å². The Balaban J connectivity index is 1.79. The molecule has 7 heteroatoms. The number of carbonyl (C=O) groups excluding carboxylic acids is 3. The highest BCUT2D eigenvalue weighted by atomic mass is 35.5. The van der Waals surface area contributed by atoms with E-state index in [1.807, 2.05) is 13.8 Å². The SMILES string of the molecule is C[C@]12CC(=O)C(=O)C=C1C(F)C(Cl)[C@@H]1[C@@H]2CC[C@@]2(C)[C@H]1CC[C@]2(O)C(=O)CO. The lowest BCUT2D eigenvalue weighted by Crippen LogP contribution is -2.62. The van der Waals surface area contributed by atoms with Gasteiger partial charge in [0.2, 0.25) is 11.6 Å². The minimum absolute atomic E-state index is 0.0217. The average Bonchev–Trinajstić information content (AvgIpc) is 2.93. The molecule has 5 nitrogen and oxygen atoms in total. The summed E-state index contributed by atoms with van der Waals surface area (Å²) in [5, 5.41) is 19.7. The fraction of sp³-hybridized carbons (Fsp3) is 0.762. The fourth-order valence-electron chi connectivity index (χ4n) is 7.00. The smallest absolute Gasteiger partial charge is 0.221 e. The van der Waals surface area contributed by atoms with E-state index in [9.17, 15) is 24.6 Å². The van der Waals surface area contributed by atoms with Crippen molar-refractivity contribution in [3.05, 3.63) is 11.6 Å². The lowest BCUT2D eigenvalue weighted by atomic mass is 9.45. The second kappa shape index (κ2) is 6.19. The van der Waals surface area contributed by atoms with Crippen LogP contribution in [0.1, 0.15) is 46.0 Å². The quantitative estimate of drug-likeness (QED) is 0.535. The minimum atomic E-state index is -1.64. The zero-order valence-electron chi connectivity index (χ0n) is 16.1. The second-order valence-electron chi connectivity index (χ2n) is 9.55. The molecule has 28 heavy (non-hydrogen) atoms. The highest BCUT2D eigenvalue weighted by Crippen LogP contribution is 2.68. The molecule has 3 saturated carbocycles. The Morgan fingerprint density at radius 3 is 2.54 bits per heavy atom. The molecule has 0 radical (unpaired) electrons. The number of ketones is 3. The lowest BCUT2D eigenvalue weighted by molar-refractivity contribution is -0.166. The maximum atomic E-state index is 15.4. The van der Waals surface area contributed by atoms with E-state index in [0.717, 1.165) is 6.08 Å². The van der Waals surface area contributed by atoms with Crippen LogP contribution in [0.3, 0.4) is 0 Å². The van der Waals surface area contributed by atoms with Gasteiger partial charge in [-0.15, -0.1) is 11.6 Å². The third-order valence-electron chi connectivity index (χ3n) is 8.60. The normalized spacial score (nSPS) is 50.5. The predicted molar refractivity (Wildman–Crippen MR) is 99.4 cm³/mol. The maximum Gasteiger partial charge on any atom is 0.221 e. The standard InChI is InChI=1S/C21H26ClFO5/c1-19-8-14(26)13(25)7-12(19)18(23)17(22)16-10(19)3-5-20(2)11(16)4-6-21(20,28)15(27)9-24/h7,10-11,16-18,24,28H,3-6,8-9H2,1-2H3/t10-,11-,16+,17?,18?,19+,20-,21-/m0/s1. The van der Waals surface area contributed by atoms with E-state index in [-0.39, 0.29) is 30.6 Å². The van der Waals surface area contributed by atoms with Crippen molar-refractivity contribution in [3.63, 3.8) is 0 Å². The third-order valence-corrected chi connectivity index (χ3v) is 9.11. The number of halogens is 2. The van der Waals surface area contributed by atoms with Crippen molar-refractivity contribution in [3.8, 4) is 0 Å². The summed E-state index contributed by atoms with van der Waals surface area (Å²) >= 11 is 6.61. The van der Waals surface area contributed by atoms with Crippen LogP contribution in [0.2, 0.25) is 0 Å². The number of rotatable bonds is 2. The molecule has 3 fully saturated rings. The van der Waals surface area contributed by atoms with Crippen LogP contribution in [0.25, 0.3) is 0 Å². The van der Waals surface area contributed by atoms with Gasteiger partial charge in [-0.2, -0.15) is 0 Å². The Labute approximate surface area is 168 Å². The number of alkyl halides is 2. The number of allylic oxidation sites excluding steroid dienone is 1. The molecular weight excluding hydrogens is 387 g/mol. The Kier molecular flexibility index (Phi) is 4.46. The van der Waals surface area contributed by atoms with Crippen molar-refractivity contribution in [2.75, 3.05) is 6.61 Å². The van der Waals surface area contributed by atoms with Crippen LogP contribution >= 0.6 is 11.6 Å². The molecule has 0 aromatic heterocycles. The Morgan fingerprint density at radius 2 is 1.89 bits per heavy atom. The van der Waals surface area contributed by atoms with Crippen molar-refractivity contribution in [1.82, 2.24) is 0 Å². The second-order valence-corrected chi connectivity index (χ2v) is 10.1. The lowest BCUT2D eigenvalue weighted by Gasteiger charge is -2.60. The largest absolute Gasteiger partial charge is 0.388 e. The van der Waals surface area contributed by atoms with E-state index in [4.69, 9.17) is 11.6 Å². The number of hydrogen-bond donors (Lipinski definition) is 2. The van der Waals surface area contributed by atoms with Crippen LogP contribution < -0.4 is 0 Å². The molecule has 0 bridgehead atoms. The first-order chi connectivity index (χ1) is 13.0. The van der Waals surface area contributed by atoms with Gasteiger partial charge in [-0.25, -0.2) is 4.39 Å². The number of aliphatic hydroxyl groups excluding tert-OH is 1. The molecule has 0 aromatic carbocycles. The molecule has 154 valence electrons. The van der Waals surface area contributed by atoms with Crippen molar-refractivity contribution in [2.24, 2.45) is 28.6 Å². The highest BCUT2D eigenvalue weighted by Gasteiger charge is 2.69. The van der Waals surface area contributed by atoms with Gasteiger partial charge in [0, 0.05) is 17.3 Å². The van der Waals surface area contributed by atoms with Crippen molar-refractivity contribution in [1.29, 1.82) is 0 Å². The first-order valence-electron chi connectivity index (χ1n) is 9.95. The van der Waals surface area contributed by atoms with Crippen LogP contribution in [0.4, 0.5) is 4.39 Å². The van der Waals surface area contributed by atoms with Crippen LogP contribution in [0, 0.1) is 28.6 Å². The zero-order valence-corrected chi connectivity index (χ0v) is 16.8. The van der Waals surface area contributed by atoms with Crippen LogP contribution in [0.5, 0.6) is 0 Å². The first kappa shape index (κ1) is 20.2. The molecular formula is C21H26ClFO5. The monoisotopic (exact) mass is 412 g/mol. The molecule has 2 N–H and O–H groups in total. The summed E-state index contributed by atoms with van der Waals surface area (Å²) in [7, 11) is 0. The summed E-state index contributed by atoms with van der Waals surface area (Å²) in [4.78, 5) is 36.5. The first-order valence-corrected chi connectivity index (χ1v) is 10.4. The van der Waals surface area contributed by atoms with Gasteiger partial charge in [-0.05, 0) is 55.1 Å². The number of carbonyl (C=O) groups is 3. The van der Waals surface area contributed by atoms with E-state index < -0.39 is 51.9 Å². The molecule has 0 saturated heterocycles. The zero-order chi connectivity index (χ0) is 20.6. The number of aliphatic hydroxyl groups is 2. The van der Waals surface area contributed by atoms with E-state index in [1.54, 1.807) is 0 Å². The molecule has 0 amide bonds. The topological polar surface area (TPSA) is 91.7 Å². The summed E-state index contributed by atoms with van der Waals surface area (Å²) in [5.74, 6) is -2.38. The molecule has 0 spiro atoms. The van der Waals surface area contributed by atoms with E-state index in [0.29, 0.717) is 24.8 Å². The van der Waals surface area contributed by atoms with E-state index in [1.165, 1.54) is 0 Å². The van der Waals surface area contributed by atoms with Crippen LogP contribution in [0.15, 0.2) is 11.6 Å². The summed E-state index contributed by atoms with van der Waals surface area (Å²) < 4.78 is 15.4. The molecule has 4 rings (SSSR count). The molecule has 4 aliphatic carbocycles. The Bertz CT molecular complexity index is 796. The third kappa shape index (κ3) is 2.28. The minimum Gasteiger partial charge on any atom is -0.388 e. The summed E-state index contributed by atoms with van der Waals surface area (Å²) in [6, 6.07) is 0. The molecule has 8 atom stereocenters. The molecule has 0 heterocycles. The highest BCUT2D eigenvalue weighted by molar-refractivity contribution is 6.42. The Hall–Kier alpha value is -1.11. The summed E-state index contributed by atoms with van der Waals surface area (Å²) in [5.41, 5.74) is -2.90. The van der Waals surface area contributed by atoms with Gasteiger partial charge in [0.05, 0.1) is 5.38 Å². The molecule has 4 aliphatic rings. The number of Topliss-reactive ketones (excluding diaryl/α,β-unsaturated/α-hetero) is 2.